The normalized spacial score (nSPS) is 11.3. The van der Waals surface area contributed by atoms with Gasteiger partial charge in [0, 0.05) is 18.3 Å². The molecule has 0 heterocycles. The monoisotopic (exact) mass is 315 g/mol. The molecule has 3 aromatic rings. The molecule has 3 rings (SSSR count). The molecule has 0 saturated heterocycles. The highest BCUT2D eigenvalue weighted by Crippen LogP contribution is 2.05. The average molecular weight is 316 g/mol. The summed E-state index contributed by atoms with van der Waals surface area (Å²) in [5.41, 5.74) is 0. The summed E-state index contributed by atoms with van der Waals surface area (Å²) >= 11 is 0. The molecule has 0 saturated carbocycles. The molecule has 0 amide bonds. The van der Waals surface area contributed by atoms with Crippen molar-refractivity contribution in [2.75, 3.05) is 0 Å². The van der Waals surface area contributed by atoms with Crippen LogP contribution in [0.3, 0.4) is 0 Å². The first-order valence-electron chi connectivity index (χ1n) is 6.98. The van der Waals surface area contributed by atoms with Crippen molar-refractivity contribution in [3.63, 3.8) is 0 Å². The van der Waals surface area contributed by atoms with Gasteiger partial charge in [0.2, 0.25) is 0 Å². The Morgan fingerprint density at radius 1 is 0.524 bits per heavy atom. The second kappa shape index (κ2) is 6.39. The van der Waals surface area contributed by atoms with E-state index in [0.717, 1.165) is 0 Å². The van der Waals surface area contributed by atoms with Crippen molar-refractivity contribution in [3.05, 3.63) is 91.0 Å². The molecule has 0 aliphatic carbocycles. The van der Waals surface area contributed by atoms with Crippen molar-refractivity contribution < 1.29 is 0 Å². The van der Waals surface area contributed by atoms with E-state index in [-0.39, 0.29) is 0 Å². The predicted molar refractivity (Wildman–Crippen MR) is 95.5 cm³/mol. The zero-order valence-corrected chi connectivity index (χ0v) is 14.7. The minimum atomic E-state index is -1.96. The highest BCUT2D eigenvalue weighted by Gasteiger charge is 2.37. The molecule has 0 N–H and O–H groups in total. The van der Waals surface area contributed by atoms with E-state index in [1.54, 1.807) is 0 Å². The van der Waals surface area contributed by atoms with Gasteiger partial charge in [0.05, 0.1) is 0 Å². The minimum absolute atomic E-state index is 0.696. The highest BCUT2D eigenvalue weighted by molar-refractivity contribution is 7.53. The summed E-state index contributed by atoms with van der Waals surface area (Å²) < 4.78 is 0. The van der Waals surface area contributed by atoms with E-state index in [2.05, 4.69) is 101 Å². The van der Waals surface area contributed by atoms with Gasteiger partial charge in [0.15, 0.2) is 0 Å². The molecule has 0 aliphatic rings. The summed E-state index contributed by atoms with van der Waals surface area (Å²) in [5, 5.41) is 4.36. The third kappa shape index (κ3) is 2.60. The lowest BCUT2D eigenvalue weighted by molar-refractivity contribution is 1.70. The maximum atomic E-state index is 3.93. The molecule has 5 radical (unpaired) electrons. The molecule has 0 nitrogen and oxygen atoms in total. The van der Waals surface area contributed by atoms with E-state index in [0.29, 0.717) is 8.55 Å². The zero-order valence-electron chi connectivity index (χ0n) is 11.7. The molecule has 0 bridgehead atoms. The van der Waals surface area contributed by atoms with Gasteiger partial charge in [-0.05, 0) is 0 Å². The van der Waals surface area contributed by atoms with Crippen LogP contribution in [-0.4, -0.2) is 25.9 Å². The Kier molecular flexibility index (Phi) is 4.34. The van der Waals surface area contributed by atoms with Crippen LogP contribution < -0.4 is 15.6 Å². The smallest absolute Gasteiger partial charge is 0.0625 e. The summed E-state index contributed by atoms with van der Waals surface area (Å²) in [7, 11) is 2.67. The van der Waals surface area contributed by atoms with Crippen LogP contribution in [-0.2, 0) is 0 Å². The van der Waals surface area contributed by atoms with Crippen LogP contribution in [0.15, 0.2) is 91.0 Å². The summed E-state index contributed by atoms with van der Waals surface area (Å²) in [6.07, 6.45) is 0. The molecule has 0 atom stereocenters. The van der Waals surface area contributed by atoms with Crippen LogP contribution in [0.1, 0.15) is 0 Å². The fraction of sp³-hybridized carbons (Fsp3) is 0. The third-order valence-corrected chi connectivity index (χ3v) is 14.9. The van der Waals surface area contributed by atoms with E-state index in [9.17, 15) is 0 Å². The van der Waals surface area contributed by atoms with E-state index in [1.807, 2.05) is 0 Å². The van der Waals surface area contributed by atoms with Gasteiger partial charge in [-0.15, -0.1) is 0 Å². The van der Waals surface area contributed by atoms with Crippen molar-refractivity contribution >= 4 is 41.5 Å². The number of hydrogen-bond donors (Lipinski definition) is 0. The van der Waals surface area contributed by atoms with Crippen LogP contribution in [0.25, 0.3) is 0 Å². The van der Waals surface area contributed by atoms with Crippen LogP contribution in [0, 0.1) is 0 Å². The number of benzene rings is 3. The fourth-order valence-electron chi connectivity index (χ4n) is 2.78. The quantitative estimate of drug-likeness (QED) is 0.505. The predicted octanol–water partition coefficient (Wildman–Crippen LogP) is 1.44. The Hall–Kier alpha value is -1.69. The zero-order chi connectivity index (χ0) is 14.5. The highest BCUT2D eigenvalue weighted by atomic mass is 29.5. The molecule has 99 valence electrons. The van der Waals surface area contributed by atoms with Gasteiger partial charge in [0.1, 0.15) is 7.59 Å². The molecular weight excluding hydrogens is 300 g/mol. The maximum Gasteiger partial charge on any atom is 0.130 e. The van der Waals surface area contributed by atoms with Crippen LogP contribution in [0.5, 0.6) is 0 Å². The first kappa shape index (κ1) is 14.3. The Bertz CT molecular complexity index is 585. The van der Waals surface area contributed by atoms with E-state index in [1.165, 1.54) is 15.6 Å². The van der Waals surface area contributed by atoms with E-state index < -0.39 is 7.59 Å². The van der Waals surface area contributed by atoms with Gasteiger partial charge >= 0.3 is 0 Å². The second-order valence-corrected chi connectivity index (χ2v) is 13.7. The first-order chi connectivity index (χ1) is 10.4. The summed E-state index contributed by atoms with van der Waals surface area (Å²) in [5.74, 6) is 0. The van der Waals surface area contributed by atoms with Crippen LogP contribution >= 0.6 is 0 Å². The molecular formula is C18H15Si3. The Labute approximate surface area is 132 Å². The lowest BCUT2D eigenvalue weighted by Crippen LogP contribution is -2.71. The van der Waals surface area contributed by atoms with Crippen LogP contribution in [0.4, 0.5) is 0 Å². The van der Waals surface area contributed by atoms with Crippen molar-refractivity contribution in [1.82, 2.24) is 0 Å². The summed E-state index contributed by atoms with van der Waals surface area (Å²) in [6, 6.07) is 32.8. The minimum Gasteiger partial charge on any atom is -0.0625 e. The third-order valence-electron chi connectivity index (χ3n) is 3.81. The molecule has 3 heteroatoms. The average Bonchev–Trinajstić information content (AvgIpc) is 2.59. The Balaban J connectivity index is 2.29. The van der Waals surface area contributed by atoms with Crippen molar-refractivity contribution in [2.24, 2.45) is 0 Å². The van der Waals surface area contributed by atoms with Gasteiger partial charge < -0.3 is 0 Å². The van der Waals surface area contributed by atoms with Crippen LogP contribution in [0.2, 0.25) is 0 Å². The second-order valence-electron chi connectivity index (χ2n) is 4.97. The Morgan fingerprint density at radius 2 is 0.810 bits per heavy atom. The first-order valence-corrected chi connectivity index (χ1v) is 12.5. The van der Waals surface area contributed by atoms with Gasteiger partial charge in [-0.3, -0.25) is 0 Å². The standard InChI is InChI=1S/C18H15Si3/c19-20-21(16-10-4-1-5-11-16,17-12-6-2-7-13-17)18-14-8-3-9-15-18/h1-15H. The van der Waals surface area contributed by atoms with Gasteiger partial charge in [-0.25, -0.2) is 0 Å². The molecule has 0 aromatic heterocycles. The maximum absolute atomic E-state index is 3.93. The molecule has 0 aliphatic heterocycles. The summed E-state index contributed by atoms with van der Waals surface area (Å²) in [6.45, 7) is 0. The lowest BCUT2D eigenvalue weighted by Gasteiger charge is -2.32. The van der Waals surface area contributed by atoms with E-state index in [4.69, 9.17) is 0 Å². The molecule has 0 spiro atoms. The summed E-state index contributed by atoms with van der Waals surface area (Å²) in [4.78, 5) is 0. The molecule has 0 fully saturated rings. The molecule has 21 heavy (non-hydrogen) atoms. The number of rotatable bonds is 4. The van der Waals surface area contributed by atoms with Gasteiger partial charge in [0.25, 0.3) is 0 Å². The topological polar surface area (TPSA) is 0 Å². The molecule has 3 aromatic carbocycles. The van der Waals surface area contributed by atoms with E-state index >= 15 is 0 Å². The Morgan fingerprint density at radius 3 is 1.05 bits per heavy atom. The van der Waals surface area contributed by atoms with Crippen molar-refractivity contribution in [2.45, 2.75) is 0 Å². The number of hydrogen-bond acceptors (Lipinski definition) is 0. The largest absolute Gasteiger partial charge is 0.130 e. The lowest BCUT2D eigenvalue weighted by atomic mass is 10.3. The fourth-order valence-corrected chi connectivity index (χ4v) is 13.0. The SMILES string of the molecule is [Si][Si][Si](c1ccccc1)(c1ccccc1)c1ccccc1. The van der Waals surface area contributed by atoms with Gasteiger partial charge in [-0.2, -0.15) is 0 Å². The van der Waals surface area contributed by atoms with Crippen molar-refractivity contribution in [1.29, 1.82) is 0 Å². The van der Waals surface area contributed by atoms with Crippen molar-refractivity contribution in [3.8, 4) is 0 Å². The van der Waals surface area contributed by atoms with Gasteiger partial charge in [-0.1, -0.05) is 107 Å². The molecule has 0 unspecified atom stereocenters.